The molecular weight excluding hydrogens is 697 g/mol. The minimum absolute atomic E-state index is 0.625. The van der Waals surface area contributed by atoms with Gasteiger partial charge in [-0.2, -0.15) is 0 Å². The number of aromatic nitrogens is 6. The minimum atomic E-state index is 0.625. The van der Waals surface area contributed by atoms with Crippen LogP contribution in [-0.2, 0) is 0 Å². The molecule has 0 saturated heterocycles. The van der Waals surface area contributed by atoms with Crippen molar-refractivity contribution in [1.82, 2.24) is 29.9 Å². The standard InChI is InChI=1S/C51H38N6/c1-33-16-7-10-27-43(33)49-53-46(36-19-5-4-6-20-36)52-47(54-49)41-25-14-23-39(31-41)37-21-13-22-38(30-37)40-24-15-26-42(32-40)48-55-50(44-28-11-8-17-34(44)2)57-51(56-48)45-29-12-9-18-35(45)3/h4-32H,1-3H3. The topological polar surface area (TPSA) is 77.3 Å². The van der Waals surface area contributed by atoms with E-state index in [9.17, 15) is 0 Å². The minimum Gasteiger partial charge on any atom is -0.208 e. The summed E-state index contributed by atoms with van der Waals surface area (Å²) >= 11 is 0. The fraction of sp³-hybridized carbons (Fsp3) is 0.0588. The number of rotatable bonds is 8. The third-order valence-electron chi connectivity index (χ3n) is 10.2. The molecule has 9 aromatic rings. The zero-order chi connectivity index (χ0) is 38.7. The first-order chi connectivity index (χ1) is 28.0. The molecule has 7 aromatic carbocycles. The smallest absolute Gasteiger partial charge is 0.164 e. The summed E-state index contributed by atoms with van der Waals surface area (Å²) in [7, 11) is 0. The Morgan fingerprint density at radius 2 is 0.491 bits per heavy atom. The highest BCUT2D eigenvalue weighted by Crippen LogP contribution is 2.33. The van der Waals surface area contributed by atoms with Crippen LogP contribution in [0.4, 0.5) is 0 Å². The highest BCUT2D eigenvalue weighted by Gasteiger charge is 2.17. The number of hydrogen-bond acceptors (Lipinski definition) is 6. The van der Waals surface area contributed by atoms with E-state index >= 15 is 0 Å². The Labute approximate surface area is 332 Å². The molecule has 0 aliphatic heterocycles. The van der Waals surface area contributed by atoms with E-state index < -0.39 is 0 Å². The molecule has 9 rings (SSSR count). The summed E-state index contributed by atoms with van der Waals surface area (Å²) in [6, 6.07) is 60.2. The van der Waals surface area contributed by atoms with Gasteiger partial charge in [0.1, 0.15) is 0 Å². The third-order valence-corrected chi connectivity index (χ3v) is 10.2. The second-order valence-corrected chi connectivity index (χ2v) is 14.2. The maximum absolute atomic E-state index is 5.05. The molecule has 57 heavy (non-hydrogen) atoms. The Hall–Kier alpha value is -7.44. The molecule has 6 nitrogen and oxygen atoms in total. The summed E-state index contributed by atoms with van der Waals surface area (Å²) in [5, 5.41) is 0. The van der Waals surface area contributed by atoms with Crippen molar-refractivity contribution in [2.75, 3.05) is 0 Å². The van der Waals surface area contributed by atoms with Gasteiger partial charge in [-0.1, -0.05) is 158 Å². The van der Waals surface area contributed by atoms with Crippen LogP contribution in [0.2, 0.25) is 0 Å². The molecule has 0 radical (unpaired) electrons. The van der Waals surface area contributed by atoms with E-state index in [4.69, 9.17) is 29.9 Å². The first-order valence-electron chi connectivity index (χ1n) is 19.0. The van der Waals surface area contributed by atoms with Crippen LogP contribution in [0.1, 0.15) is 16.7 Å². The van der Waals surface area contributed by atoms with Crippen molar-refractivity contribution in [3.63, 3.8) is 0 Å². The Morgan fingerprint density at radius 3 is 0.877 bits per heavy atom. The van der Waals surface area contributed by atoms with Crippen molar-refractivity contribution < 1.29 is 0 Å². The number of aryl methyl sites for hydroxylation is 3. The van der Waals surface area contributed by atoms with Gasteiger partial charge < -0.3 is 0 Å². The summed E-state index contributed by atoms with van der Waals surface area (Å²) in [4.78, 5) is 30.0. The van der Waals surface area contributed by atoms with E-state index in [-0.39, 0.29) is 0 Å². The van der Waals surface area contributed by atoms with E-state index in [1.807, 2.05) is 66.7 Å². The largest absolute Gasteiger partial charge is 0.208 e. The molecule has 0 N–H and O–H groups in total. The first-order valence-corrected chi connectivity index (χ1v) is 19.0. The third kappa shape index (κ3) is 7.36. The van der Waals surface area contributed by atoms with Crippen LogP contribution < -0.4 is 0 Å². The molecule has 0 atom stereocenters. The molecule has 0 spiro atoms. The Morgan fingerprint density at radius 1 is 0.228 bits per heavy atom. The van der Waals surface area contributed by atoms with Crippen molar-refractivity contribution in [2.24, 2.45) is 0 Å². The molecule has 0 amide bonds. The van der Waals surface area contributed by atoms with E-state index in [0.717, 1.165) is 72.3 Å². The second-order valence-electron chi connectivity index (χ2n) is 14.2. The maximum Gasteiger partial charge on any atom is 0.164 e. The van der Waals surface area contributed by atoms with Crippen LogP contribution in [0, 0.1) is 20.8 Å². The summed E-state index contributed by atoms with van der Waals surface area (Å²) in [6.07, 6.45) is 0. The van der Waals surface area contributed by atoms with Gasteiger partial charge in [-0.05, 0) is 77.9 Å². The average Bonchev–Trinajstić information content (AvgIpc) is 3.27. The van der Waals surface area contributed by atoms with Crippen LogP contribution in [0.15, 0.2) is 176 Å². The van der Waals surface area contributed by atoms with Crippen molar-refractivity contribution in [3.05, 3.63) is 193 Å². The molecule has 0 aliphatic carbocycles. The number of benzene rings is 7. The van der Waals surface area contributed by atoms with Gasteiger partial charge in [0, 0.05) is 33.4 Å². The predicted molar refractivity (Wildman–Crippen MR) is 231 cm³/mol. The second kappa shape index (κ2) is 15.4. The molecule has 2 aromatic heterocycles. The Balaban J connectivity index is 1.09. The van der Waals surface area contributed by atoms with E-state index in [0.29, 0.717) is 34.9 Å². The van der Waals surface area contributed by atoms with Crippen molar-refractivity contribution in [1.29, 1.82) is 0 Å². The highest BCUT2D eigenvalue weighted by molar-refractivity contribution is 5.79. The quantitative estimate of drug-likeness (QED) is 0.155. The maximum atomic E-state index is 5.05. The monoisotopic (exact) mass is 734 g/mol. The Kier molecular flexibility index (Phi) is 9.51. The van der Waals surface area contributed by atoms with Crippen LogP contribution in [0.25, 0.3) is 90.6 Å². The van der Waals surface area contributed by atoms with E-state index in [1.165, 1.54) is 0 Å². The zero-order valence-electron chi connectivity index (χ0n) is 31.9. The van der Waals surface area contributed by atoms with Crippen LogP contribution in [0.5, 0.6) is 0 Å². The predicted octanol–water partition coefficient (Wildman–Crippen LogP) is 12.3. The fourth-order valence-electron chi connectivity index (χ4n) is 7.11. The average molecular weight is 735 g/mol. The molecule has 0 unspecified atom stereocenters. The summed E-state index contributed by atoms with van der Waals surface area (Å²) < 4.78 is 0. The molecule has 0 saturated carbocycles. The van der Waals surface area contributed by atoms with Crippen LogP contribution in [0.3, 0.4) is 0 Å². The fourth-order valence-corrected chi connectivity index (χ4v) is 7.11. The molecule has 0 fully saturated rings. The van der Waals surface area contributed by atoms with Gasteiger partial charge in [0.15, 0.2) is 34.9 Å². The molecule has 0 bridgehead atoms. The normalized spacial score (nSPS) is 11.1. The molecular formula is C51H38N6. The van der Waals surface area contributed by atoms with Crippen molar-refractivity contribution >= 4 is 0 Å². The zero-order valence-corrected chi connectivity index (χ0v) is 31.9. The van der Waals surface area contributed by atoms with Crippen molar-refractivity contribution in [2.45, 2.75) is 20.8 Å². The Bertz CT molecular complexity index is 2840. The van der Waals surface area contributed by atoms with Gasteiger partial charge >= 0.3 is 0 Å². The van der Waals surface area contributed by atoms with Gasteiger partial charge in [0.25, 0.3) is 0 Å². The van der Waals surface area contributed by atoms with Crippen LogP contribution in [-0.4, -0.2) is 29.9 Å². The molecule has 2 heterocycles. The lowest BCUT2D eigenvalue weighted by molar-refractivity contribution is 1.07. The van der Waals surface area contributed by atoms with Gasteiger partial charge in [0.2, 0.25) is 0 Å². The molecule has 272 valence electrons. The number of hydrogen-bond donors (Lipinski definition) is 0. The van der Waals surface area contributed by atoms with Crippen molar-refractivity contribution in [3.8, 4) is 90.6 Å². The summed E-state index contributed by atoms with van der Waals surface area (Å²) in [6.45, 7) is 6.26. The summed E-state index contributed by atoms with van der Waals surface area (Å²) in [5.41, 5.74) is 13.4. The van der Waals surface area contributed by atoms with Gasteiger partial charge in [0.05, 0.1) is 0 Å². The highest BCUT2D eigenvalue weighted by atomic mass is 15.0. The van der Waals surface area contributed by atoms with Gasteiger partial charge in [-0.3, -0.25) is 0 Å². The number of nitrogens with zero attached hydrogens (tertiary/aromatic N) is 6. The van der Waals surface area contributed by atoms with Crippen LogP contribution >= 0.6 is 0 Å². The lowest BCUT2D eigenvalue weighted by Crippen LogP contribution is -2.02. The summed E-state index contributed by atoms with van der Waals surface area (Å²) in [5.74, 6) is 3.86. The lowest BCUT2D eigenvalue weighted by Gasteiger charge is -2.12. The SMILES string of the molecule is Cc1ccccc1-c1nc(-c2ccccc2)nc(-c2cccc(-c3cccc(-c4cccc(-c5nc(-c6ccccc6C)nc(-c6ccccc6C)n5)c4)c3)c2)n1. The van der Waals surface area contributed by atoms with Gasteiger partial charge in [-0.25, -0.2) is 29.9 Å². The van der Waals surface area contributed by atoms with Gasteiger partial charge in [-0.15, -0.1) is 0 Å². The molecule has 6 heteroatoms. The molecule has 0 aliphatic rings. The van der Waals surface area contributed by atoms with E-state index in [2.05, 4.69) is 130 Å². The first kappa shape index (κ1) is 35.3. The van der Waals surface area contributed by atoms with E-state index in [1.54, 1.807) is 0 Å². The lowest BCUT2D eigenvalue weighted by atomic mass is 9.97.